The van der Waals surface area contributed by atoms with Crippen molar-refractivity contribution in [2.45, 2.75) is 25.7 Å². The second kappa shape index (κ2) is 5.98. The highest BCUT2D eigenvalue weighted by Crippen LogP contribution is 2.26. The topological polar surface area (TPSA) is 49.0 Å². The highest BCUT2D eigenvalue weighted by atomic mass is 35.5. The van der Waals surface area contributed by atoms with Crippen molar-refractivity contribution in [1.29, 1.82) is 0 Å². The number of H-pyrrole nitrogens is 1. The van der Waals surface area contributed by atoms with Gasteiger partial charge in [0.15, 0.2) is 0 Å². The molecule has 3 rings (SSSR count). The molecular formula is C15H13ClF3N3O. The number of nitrogens with zero attached hydrogens (tertiary/aromatic N) is 2. The number of benzene rings is 1. The summed E-state index contributed by atoms with van der Waals surface area (Å²) in [5.41, 5.74) is 0.837. The zero-order valence-electron chi connectivity index (χ0n) is 12.0. The van der Waals surface area contributed by atoms with Crippen LogP contribution in [0.3, 0.4) is 0 Å². The molecule has 0 unspecified atom stereocenters. The fraction of sp³-hybridized carbons (Fsp3) is 0.333. The molecule has 0 fully saturated rings. The highest BCUT2D eigenvalue weighted by molar-refractivity contribution is 6.30. The number of aromatic nitrogens is 2. The highest BCUT2D eigenvalue weighted by Gasteiger charge is 2.35. The fourth-order valence-electron chi connectivity index (χ4n) is 2.60. The summed E-state index contributed by atoms with van der Waals surface area (Å²) >= 11 is 5.83. The Morgan fingerprint density at radius 3 is 2.61 bits per heavy atom. The first-order chi connectivity index (χ1) is 10.8. The van der Waals surface area contributed by atoms with Gasteiger partial charge in [0.05, 0.1) is 11.3 Å². The zero-order chi connectivity index (χ0) is 16.6. The lowest BCUT2D eigenvalue weighted by Gasteiger charge is -2.27. The Kier molecular flexibility index (Phi) is 4.16. The van der Waals surface area contributed by atoms with Crippen molar-refractivity contribution < 1.29 is 13.2 Å². The Morgan fingerprint density at radius 2 is 1.96 bits per heavy atom. The number of hydrogen-bond donors (Lipinski definition) is 1. The van der Waals surface area contributed by atoms with Crippen molar-refractivity contribution in [3.8, 4) is 0 Å². The molecule has 23 heavy (non-hydrogen) atoms. The van der Waals surface area contributed by atoms with E-state index in [2.05, 4.69) is 4.98 Å². The Balaban J connectivity index is 1.81. The van der Waals surface area contributed by atoms with Crippen molar-refractivity contribution in [1.82, 2.24) is 14.9 Å². The van der Waals surface area contributed by atoms with E-state index in [-0.39, 0.29) is 12.2 Å². The number of halogens is 4. The van der Waals surface area contributed by atoms with Crippen LogP contribution >= 0.6 is 11.6 Å². The molecule has 1 N–H and O–H groups in total. The molecule has 1 aromatic heterocycles. The number of nitrogens with one attached hydrogen (secondary N) is 1. The normalized spacial score (nSPS) is 15.5. The molecule has 1 aliphatic heterocycles. The Morgan fingerprint density at radius 1 is 1.26 bits per heavy atom. The van der Waals surface area contributed by atoms with Gasteiger partial charge in [-0.2, -0.15) is 13.2 Å². The first-order valence-electron chi connectivity index (χ1n) is 6.99. The largest absolute Gasteiger partial charge is 0.449 e. The van der Waals surface area contributed by atoms with Crippen molar-refractivity contribution in [3.05, 3.63) is 62.3 Å². The summed E-state index contributed by atoms with van der Waals surface area (Å²) in [6.07, 6.45) is -4.33. The summed E-state index contributed by atoms with van der Waals surface area (Å²) in [6.45, 7) is 1.42. The number of alkyl halides is 3. The molecule has 0 saturated carbocycles. The van der Waals surface area contributed by atoms with Gasteiger partial charge in [-0.15, -0.1) is 0 Å². The summed E-state index contributed by atoms with van der Waals surface area (Å²) in [7, 11) is 0. The molecule has 2 aromatic rings. The monoisotopic (exact) mass is 343 g/mol. The van der Waals surface area contributed by atoms with Crippen LogP contribution in [0.1, 0.15) is 22.6 Å². The summed E-state index contributed by atoms with van der Waals surface area (Å²) in [6, 6.07) is 7.32. The van der Waals surface area contributed by atoms with E-state index in [4.69, 9.17) is 11.6 Å². The third-order valence-electron chi connectivity index (χ3n) is 3.74. The van der Waals surface area contributed by atoms with Gasteiger partial charge < -0.3 is 4.98 Å². The standard InChI is InChI=1S/C15H13ClF3N3O/c16-10-3-1-9(2-4-10)7-22-6-5-12-11(8-22)13(23)21-14(20-12)15(17,18)19/h1-4H,5-8H2,(H,20,21,23). The van der Waals surface area contributed by atoms with Crippen LogP contribution in [0.15, 0.2) is 29.1 Å². The first-order valence-corrected chi connectivity index (χ1v) is 7.37. The Hall–Kier alpha value is -1.86. The van der Waals surface area contributed by atoms with Gasteiger partial charge in [-0.05, 0) is 17.7 Å². The summed E-state index contributed by atoms with van der Waals surface area (Å²) in [5.74, 6) is -1.23. The van der Waals surface area contributed by atoms with Gasteiger partial charge in [0.1, 0.15) is 0 Å². The van der Waals surface area contributed by atoms with Crippen LogP contribution in [0.25, 0.3) is 0 Å². The average molecular weight is 344 g/mol. The smallest absolute Gasteiger partial charge is 0.303 e. The maximum atomic E-state index is 12.7. The molecule has 1 aromatic carbocycles. The molecular weight excluding hydrogens is 331 g/mol. The Bertz CT molecular complexity index is 771. The predicted molar refractivity (Wildman–Crippen MR) is 79.1 cm³/mol. The van der Waals surface area contributed by atoms with E-state index in [1.54, 1.807) is 12.1 Å². The number of hydrogen-bond acceptors (Lipinski definition) is 3. The lowest BCUT2D eigenvalue weighted by molar-refractivity contribution is -0.145. The first kappa shape index (κ1) is 16.0. The summed E-state index contributed by atoms with van der Waals surface area (Å²) in [5, 5.41) is 0.637. The molecule has 0 amide bonds. The molecule has 0 saturated heterocycles. The lowest BCUT2D eigenvalue weighted by atomic mass is 10.1. The molecule has 122 valence electrons. The van der Waals surface area contributed by atoms with Crippen LogP contribution in [0.2, 0.25) is 5.02 Å². The Labute approximate surface area is 134 Å². The van der Waals surface area contributed by atoms with Crippen LogP contribution in [0.4, 0.5) is 13.2 Å². The van der Waals surface area contributed by atoms with Crippen molar-refractivity contribution in [2.75, 3.05) is 6.54 Å². The van der Waals surface area contributed by atoms with Crippen molar-refractivity contribution in [3.63, 3.8) is 0 Å². The van der Waals surface area contributed by atoms with E-state index >= 15 is 0 Å². The maximum absolute atomic E-state index is 12.7. The molecule has 8 heteroatoms. The van der Waals surface area contributed by atoms with Crippen LogP contribution in [0.5, 0.6) is 0 Å². The van der Waals surface area contributed by atoms with E-state index in [9.17, 15) is 18.0 Å². The molecule has 1 aliphatic rings. The van der Waals surface area contributed by atoms with E-state index in [1.165, 1.54) is 0 Å². The fourth-order valence-corrected chi connectivity index (χ4v) is 2.72. The van der Waals surface area contributed by atoms with Crippen molar-refractivity contribution >= 4 is 11.6 Å². The minimum Gasteiger partial charge on any atom is -0.303 e. The predicted octanol–water partition coefficient (Wildman–Crippen LogP) is 3.00. The third kappa shape index (κ3) is 3.56. The molecule has 0 atom stereocenters. The van der Waals surface area contributed by atoms with Gasteiger partial charge in [0, 0.05) is 31.1 Å². The van der Waals surface area contributed by atoms with E-state index in [1.807, 2.05) is 22.0 Å². The maximum Gasteiger partial charge on any atom is 0.449 e. The summed E-state index contributed by atoms with van der Waals surface area (Å²) < 4.78 is 38.0. The molecule has 0 bridgehead atoms. The van der Waals surface area contributed by atoms with Crippen LogP contribution in [-0.4, -0.2) is 21.4 Å². The van der Waals surface area contributed by atoms with Gasteiger partial charge in [0.25, 0.3) is 5.56 Å². The van der Waals surface area contributed by atoms with Crippen LogP contribution < -0.4 is 5.56 Å². The van der Waals surface area contributed by atoms with Gasteiger partial charge in [-0.3, -0.25) is 9.69 Å². The second-order valence-corrected chi connectivity index (χ2v) is 5.86. The van der Waals surface area contributed by atoms with Crippen LogP contribution in [0, 0.1) is 0 Å². The lowest BCUT2D eigenvalue weighted by Crippen LogP contribution is -2.36. The summed E-state index contributed by atoms with van der Waals surface area (Å²) in [4.78, 5) is 19.3. The quantitative estimate of drug-likeness (QED) is 0.912. The molecule has 4 nitrogen and oxygen atoms in total. The molecule has 0 radical (unpaired) electrons. The molecule has 2 heterocycles. The van der Waals surface area contributed by atoms with E-state index in [0.717, 1.165) is 5.56 Å². The second-order valence-electron chi connectivity index (χ2n) is 5.42. The zero-order valence-corrected chi connectivity index (χ0v) is 12.7. The van der Waals surface area contributed by atoms with Gasteiger partial charge >= 0.3 is 6.18 Å². The number of rotatable bonds is 2. The number of aromatic amines is 1. The minimum atomic E-state index is -4.64. The SMILES string of the molecule is O=c1[nH]c(C(F)(F)F)nc2c1CN(Cc1ccc(Cl)cc1)CC2. The van der Waals surface area contributed by atoms with Gasteiger partial charge in [0.2, 0.25) is 5.82 Å². The minimum absolute atomic E-state index is 0.230. The third-order valence-corrected chi connectivity index (χ3v) is 3.99. The van der Waals surface area contributed by atoms with Gasteiger partial charge in [-0.1, -0.05) is 23.7 Å². The van der Waals surface area contributed by atoms with Crippen molar-refractivity contribution in [2.24, 2.45) is 0 Å². The molecule has 0 spiro atoms. The molecule has 0 aliphatic carbocycles. The average Bonchev–Trinajstić information content (AvgIpc) is 2.49. The van der Waals surface area contributed by atoms with Crippen LogP contribution in [-0.2, 0) is 25.7 Å². The van der Waals surface area contributed by atoms with Gasteiger partial charge in [-0.25, -0.2) is 4.98 Å². The number of fused-ring (bicyclic) bond motifs is 1. The van der Waals surface area contributed by atoms with E-state index in [0.29, 0.717) is 30.1 Å². The van der Waals surface area contributed by atoms with E-state index < -0.39 is 17.6 Å².